The van der Waals surface area contributed by atoms with Crippen LogP contribution in [-0.2, 0) is 4.79 Å². The number of hydrogen-bond donors (Lipinski definition) is 1. The first-order valence-electron chi connectivity index (χ1n) is 7.20. The van der Waals surface area contributed by atoms with Crippen LogP contribution in [0.4, 0.5) is 0 Å². The minimum atomic E-state index is -0.742. The van der Waals surface area contributed by atoms with Crippen LogP contribution in [-0.4, -0.2) is 41.2 Å². The average molecular weight is 277 g/mol. The van der Waals surface area contributed by atoms with Crippen molar-refractivity contribution in [2.45, 2.75) is 38.6 Å². The van der Waals surface area contributed by atoms with Gasteiger partial charge in [0, 0.05) is 6.54 Å². The molecule has 4 heteroatoms. The Hall–Kier alpha value is -1.55. The molecule has 0 bridgehead atoms. The quantitative estimate of drug-likeness (QED) is 0.899. The van der Waals surface area contributed by atoms with Gasteiger partial charge < -0.3 is 9.84 Å². The first-order valence-corrected chi connectivity index (χ1v) is 7.20. The van der Waals surface area contributed by atoms with E-state index in [0.29, 0.717) is 19.6 Å². The maximum atomic E-state index is 11.5. The molecule has 1 atom stereocenters. The smallest absolute Gasteiger partial charge is 0.323 e. The summed E-state index contributed by atoms with van der Waals surface area (Å²) >= 11 is 0. The molecule has 1 saturated heterocycles. The van der Waals surface area contributed by atoms with Crippen molar-refractivity contribution < 1.29 is 14.6 Å². The van der Waals surface area contributed by atoms with Gasteiger partial charge in [0.15, 0.2) is 0 Å². The number of carboxylic acid groups (broad SMARTS) is 1. The zero-order valence-electron chi connectivity index (χ0n) is 12.3. The summed E-state index contributed by atoms with van der Waals surface area (Å²) in [5.74, 6) is 0.117. The molecule has 0 saturated carbocycles. The number of aryl methyl sites for hydroxylation is 1. The number of likely N-dealkylation sites (tertiary alicyclic amines) is 1. The zero-order valence-corrected chi connectivity index (χ0v) is 12.3. The molecule has 1 heterocycles. The van der Waals surface area contributed by atoms with Gasteiger partial charge in [-0.25, -0.2) is 0 Å². The lowest BCUT2D eigenvalue weighted by Gasteiger charge is -2.41. The molecule has 0 radical (unpaired) electrons. The lowest BCUT2D eigenvalue weighted by Crippen LogP contribution is -2.56. The van der Waals surface area contributed by atoms with Crippen LogP contribution in [0, 0.1) is 6.92 Å². The number of benzene rings is 1. The number of aliphatic carboxylic acids is 1. The molecule has 0 amide bonds. The highest BCUT2D eigenvalue weighted by atomic mass is 16.5. The number of carboxylic acids is 1. The third-order valence-electron chi connectivity index (χ3n) is 4.12. The molecular formula is C16H23NO3. The van der Waals surface area contributed by atoms with Gasteiger partial charge in [0.25, 0.3) is 0 Å². The molecule has 1 aliphatic heterocycles. The van der Waals surface area contributed by atoms with E-state index in [4.69, 9.17) is 4.74 Å². The van der Waals surface area contributed by atoms with E-state index in [1.54, 1.807) is 0 Å². The fraction of sp³-hybridized carbons (Fsp3) is 0.562. The topological polar surface area (TPSA) is 49.8 Å². The fourth-order valence-corrected chi connectivity index (χ4v) is 2.76. The fourth-order valence-electron chi connectivity index (χ4n) is 2.76. The molecule has 1 unspecified atom stereocenters. The maximum Gasteiger partial charge on any atom is 0.323 e. The van der Waals surface area contributed by atoms with E-state index in [9.17, 15) is 9.90 Å². The van der Waals surface area contributed by atoms with Crippen LogP contribution in [0.15, 0.2) is 24.3 Å². The SMILES string of the molecule is Cc1cccc(OCCN2CCCCC2(C)C(=O)O)c1. The van der Waals surface area contributed by atoms with Crippen LogP contribution in [0.25, 0.3) is 0 Å². The van der Waals surface area contributed by atoms with Crippen molar-refractivity contribution in [2.75, 3.05) is 19.7 Å². The summed E-state index contributed by atoms with van der Waals surface area (Å²) < 4.78 is 5.73. The molecule has 0 spiro atoms. The predicted molar refractivity (Wildman–Crippen MR) is 78.1 cm³/mol. The molecule has 1 fully saturated rings. The minimum absolute atomic E-state index is 0.520. The van der Waals surface area contributed by atoms with E-state index in [-0.39, 0.29) is 0 Å². The Bertz CT molecular complexity index is 475. The second-order valence-electron chi connectivity index (χ2n) is 5.69. The summed E-state index contributed by atoms with van der Waals surface area (Å²) in [6, 6.07) is 7.91. The first kappa shape index (κ1) is 14.9. The number of ether oxygens (including phenoxy) is 1. The van der Waals surface area contributed by atoms with Crippen molar-refractivity contribution >= 4 is 5.97 Å². The predicted octanol–water partition coefficient (Wildman–Crippen LogP) is 2.70. The van der Waals surface area contributed by atoms with Gasteiger partial charge in [-0.2, -0.15) is 0 Å². The second-order valence-corrected chi connectivity index (χ2v) is 5.69. The Morgan fingerprint density at radius 1 is 1.45 bits per heavy atom. The first-order chi connectivity index (χ1) is 9.52. The van der Waals surface area contributed by atoms with Gasteiger partial charge in [0.1, 0.15) is 17.9 Å². The number of hydrogen-bond acceptors (Lipinski definition) is 3. The van der Waals surface area contributed by atoms with Gasteiger partial charge in [0.2, 0.25) is 0 Å². The molecule has 20 heavy (non-hydrogen) atoms. The maximum absolute atomic E-state index is 11.5. The van der Waals surface area contributed by atoms with Crippen molar-refractivity contribution in [3.63, 3.8) is 0 Å². The Morgan fingerprint density at radius 3 is 2.95 bits per heavy atom. The third kappa shape index (κ3) is 3.31. The molecule has 1 N–H and O–H groups in total. The molecule has 2 rings (SSSR count). The average Bonchev–Trinajstić information content (AvgIpc) is 2.41. The molecule has 0 aromatic heterocycles. The zero-order chi connectivity index (χ0) is 14.6. The van der Waals surface area contributed by atoms with Crippen molar-refractivity contribution in [1.29, 1.82) is 0 Å². The highest BCUT2D eigenvalue weighted by molar-refractivity contribution is 5.78. The van der Waals surface area contributed by atoms with E-state index in [1.165, 1.54) is 0 Å². The van der Waals surface area contributed by atoms with Crippen LogP contribution >= 0.6 is 0 Å². The molecule has 1 aliphatic rings. The third-order valence-corrected chi connectivity index (χ3v) is 4.12. The van der Waals surface area contributed by atoms with Crippen molar-refractivity contribution in [3.8, 4) is 5.75 Å². The van der Waals surface area contributed by atoms with E-state index >= 15 is 0 Å². The molecule has 1 aromatic rings. The van der Waals surface area contributed by atoms with E-state index in [0.717, 1.165) is 30.7 Å². The normalized spacial score (nSPS) is 23.5. The minimum Gasteiger partial charge on any atom is -0.492 e. The highest BCUT2D eigenvalue weighted by Crippen LogP contribution is 2.27. The Morgan fingerprint density at radius 2 is 2.25 bits per heavy atom. The van der Waals surface area contributed by atoms with Gasteiger partial charge in [0.05, 0.1) is 0 Å². The van der Waals surface area contributed by atoms with Gasteiger partial charge >= 0.3 is 5.97 Å². The van der Waals surface area contributed by atoms with Gasteiger partial charge in [-0.05, 0) is 57.4 Å². The molecular weight excluding hydrogens is 254 g/mol. The highest BCUT2D eigenvalue weighted by Gasteiger charge is 2.40. The Balaban J connectivity index is 1.90. The molecule has 0 aliphatic carbocycles. The molecule has 110 valence electrons. The van der Waals surface area contributed by atoms with Crippen molar-refractivity contribution in [3.05, 3.63) is 29.8 Å². The van der Waals surface area contributed by atoms with Crippen LogP contribution in [0.5, 0.6) is 5.75 Å². The monoisotopic (exact) mass is 277 g/mol. The van der Waals surface area contributed by atoms with Gasteiger partial charge in [-0.15, -0.1) is 0 Å². The van der Waals surface area contributed by atoms with Crippen LogP contribution in [0.3, 0.4) is 0 Å². The summed E-state index contributed by atoms with van der Waals surface area (Å²) in [6.45, 7) is 5.85. The standard InChI is InChI=1S/C16H23NO3/c1-13-6-5-7-14(12-13)20-11-10-17-9-4-3-8-16(17,2)15(18)19/h5-7,12H,3-4,8-11H2,1-2H3,(H,18,19). The number of rotatable bonds is 5. The van der Waals surface area contributed by atoms with Crippen LogP contribution in [0.1, 0.15) is 31.7 Å². The second kappa shape index (κ2) is 6.27. The van der Waals surface area contributed by atoms with Gasteiger partial charge in [-0.1, -0.05) is 12.1 Å². The van der Waals surface area contributed by atoms with Crippen molar-refractivity contribution in [1.82, 2.24) is 4.90 Å². The summed E-state index contributed by atoms with van der Waals surface area (Å²) in [6.07, 6.45) is 2.76. The Labute approximate surface area is 120 Å². The van der Waals surface area contributed by atoms with Crippen molar-refractivity contribution in [2.24, 2.45) is 0 Å². The lowest BCUT2D eigenvalue weighted by molar-refractivity contribution is -0.153. The number of nitrogens with zero attached hydrogens (tertiary/aromatic N) is 1. The summed E-state index contributed by atoms with van der Waals surface area (Å²) in [5, 5.41) is 9.44. The number of piperidine rings is 1. The van der Waals surface area contributed by atoms with E-state index in [2.05, 4.69) is 0 Å². The Kier molecular flexibility index (Phi) is 4.65. The number of carbonyl (C=O) groups is 1. The lowest BCUT2D eigenvalue weighted by atomic mass is 9.88. The summed E-state index contributed by atoms with van der Waals surface area (Å²) in [5.41, 5.74) is 0.421. The van der Waals surface area contributed by atoms with Gasteiger partial charge in [-0.3, -0.25) is 9.69 Å². The van der Waals surface area contributed by atoms with E-state index < -0.39 is 11.5 Å². The molecule has 1 aromatic carbocycles. The van der Waals surface area contributed by atoms with Crippen LogP contribution < -0.4 is 4.74 Å². The van der Waals surface area contributed by atoms with E-state index in [1.807, 2.05) is 43.0 Å². The molecule has 4 nitrogen and oxygen atoms in total. The largest absolute Gasteiger partial charge is 0.492 e. The van der Waals surface area contributed by atoms with Crippen LogP contribution in [0.2, 0.25) is 0 Å². The summed E-state index contributed by atoms with van der Waals surface area (Å²) in [7, 11) is 0. The summed E-state index contributed by atoms with van der Waals surface area (Å²) in [4.78, 5) is 13.5.